The first kappa shape index (κ1) is 18.4. The number of carbonyl (C=O) groups is 1. The van der Waals surface area contributed by atoms with Crippen LogP contribution in [0.1, 0.15) is 26.3 Å². The first-order valence-electron chi connectivity index (χ1n) is 7.86. The largest absolute Gasteiger partial charge is 0.325 e. The molecule has 2 atom stereocenters. The lowest BCUT2D eigenvalue weighted by atomic mass is 9.87. The molecule has 4 nitrogen and oxygen atoms in total. The number of nitrogens with one attached hydrogen (secondary N) is 1. The molecule has 2 aromatic carbocycles. The predicted molar refractivity (Wildman–Crippen MR) is 99.1 cm³/mol. The Kier molecular flexibility index (Phi) is 5.91. The number of benzene rings is 2. The zero-order chi connectivity index (χ0) is 17.7. The van der Waals surface area contributed by atoms with E-state index in [0.29, 0.717) is 11.4 Å². The number of nitrogens with two attached hydrogens (primary N) is 1. The summed E-state index contributed by atoms with van der Waals surface area (Å²) >= 11 is 0. The standard InChI is InChI=1S/C19H24N2O2S/c1-19(2,3)17(20)18(22)21-15-9-7-8-14(12-15)13-24(23)16-10-5-4-6-11-16/h4-12,17H,13,20H2,1-3H3,(H,21,22)/t17-,24?/m1/s1. The summed E-state index contributed by atoms with van der Waals surface area (Å²) < 4.78 is 12.4. The SMILES string of the molecule is CC(C)(C)[C@H](N)C(=O)Nc1cccc(CS(=O)c2ccccc2)c1. The van der Waals surface area contributed by atoms with Crippen LogP contribution < -0.4 is 11.1 Å². The number of hydrogen-bond donors (Lipinski definition) is 2. The van der Waals surface area contributed by atoms with Crippen molar-refractivity contribution in [3.05, 3.63) is 60.2 Å². The maximum Gasteiger partial charge on any atom is 0.241 e. The van der Waals surface area contributed by atoms with Crippen LogP contribution in [-0.4, -0.2) is 16.2 Å². The molecule has 24 heavy (non-hydrogen) atoms. The van der Waals surface area contributed by atoms with Gasteiger partial charge in [0.05, 0.1) is 22.6 Å². The molecule has 5 heteroatoms. The second-order valence-corrected chi connectivity index (χ2v) is 8.29. The van der Waals surface area contributed by atoms with E-state index < -0.39 is 16.8 Å². The first-order valence-corrected chi connectivity index (χ1v) is 9.18. The van der Waals surface area contributed by atoms with Crippen molar-refractivity contribution in [2.24, 2.45) is 11.1 Å². The van der Waals surface area contributed by atoms with E-state index in [1.54, 1.807) is 0 Å². The van der Waals surface area contributed by atoms with E-state index in [-0.39, 0.29) is 11.3 Å². The molecular weight excluding hydrogens is 320 g/mol. The van der Waals surface area contributed by atoms with E-state index in [9.17, 15) is 9.00 Å². The fourth-order valence-electron chi connectivity index (χ4n) is 2.16. The highest BCUT2D eigenvalue weighted by Crippen LogP contribution is 2.20. The van der Waals surface area contributed by atoms with Crippen LogP contribution in [-0.2, 0) is 21.3 Å². The van der Waals surface area contributed by atoms with E-state index in [1.807, 2.05) is 75.4 Å². The van der Waals surface area contributed by atoms with Crippen molar-refractivity contribution in [3.63, 3.8) is 0 Å². The fraction of sp³-hybridized carbons (Fsp3) is 0.316. The smallest absolute Gasteiger partial charge is 0.241 e. The van der Waals surface area contributed by atoms with Gasteiger partial charge in [-0.1, -0.05) is 51.1 Å². The van der Waals surface area contributed by atoms with Gasteiger partial charge in [-0.05, 0) is 35.2 Å². The maximum atomic E-state index is 12.4. The molecule has 0 saturated carbocycles. The van der Waals surface area contributed by atoms with Crippen molar-refractivity contribution in [1.29, 1.82) is 0 Å². The first-order chi connectivity index (χ1) is 11.3. The molecule has 0 aromatic heterocycles. The Balaban J connectivity index is 2.07. The van der Waals surface area contributed by atoms with Gasteiger partial charge in [-0.25, -0.2) is 0 Å². The normalized spacial score (nSPS) is 14.0. The number of carbonyl (C=O) groups excluding carboxylic acids is 1. The van der Waals surface area contributed by atoms with E-state index in [2.05, 4.69) is 5.32 Å². The molecule has 3 N–H and O–H groups in total. The zero-order valence-corrected chi connectivity index (χ0v) is 15.1. The fourth-order valence-corrected chi connectivity index (χ4v) is 3.27. The van der Waals surface area contributed by atoms with Crippen LogP contribution in [0.2, 0.25) is 0 Å². The van der Waals surface area contributed by atoms with Crippen molar-refractivity contribution >= 4 is 22.4 Å². The Labute approximate surface area is 145 Å². The summed E-state index contributed by atoms with van der Waals surface area (Å²) in [6.45, 7) is 5.78. The quantitative estimate of drug-likeness (QED) is 0.874. The van der Waals surface area contributed by atoms with Crippen molar-refractivity contribution in [2.45, 2.75) is 37.5 Å². The van der Waals surface area contributed by atoms with Gasteiger partial charge in [-0.2, -0.15) is 0 Å². The molecule has 1 unspecified atom stereocenters. The van der Waals surface area contributed by atoms with Crippen LogP contribution in [0.3, 0.4) is 0 Å². The minimum absolute atomic E-state index is 0.219. The Hall–Kier alpha value is -1.98. The molecule has 0 bridgehead atoms. The summed E-state index contributed by atoms with van der Waals surface area (Å²) in [6, 6.07) is 16.1. The average molecular weight is 344 g/mol. The van der Waals surface area contributed by atoms with Gasteiger partial charge in [0.25, 0.3) is 0 Å². The number of amides is 1. The van der Waals surface area contributed by atoms with Gasteiger partial charge in [0, 0.05) is 10.6 Å². The third-order valence-electron chi connectivity index (χ3n) is 3.71. The second-order valence-electron chi connectivity index (χ2n) is 6.84. The monoisotopic (exact) mass is 344 g/mol. The molecule has 0 aliphatic rings. The molecule has 0 heterocycles. The molecule has 0 aliphatic carbocycles. The molecule has 0 radical (unpaired) electrons. The topological polar surface area (TPSA) is 72.2 Å². The van der Waals surface area contributed by atoms with E-state index in [4.69, 9.17) is 5.73 Å². The minimum Gasteiger partial charge on any atom is -0.325 e. The molecular formula is C19H24N2O2S. The lowest BCUT2D eigenvalue weighted by molar-refractivity contribution is -0.119. The highest BCUT2D eigenvalue weighted by atomic mass is 32.2. The van der Waals surface area contributed by atoms with Gasteiger partial charge in [0.2, 0.25) is 5.91 Å². The lowest BCUT2D eigenvalue weighted by Crippen LogP contribution is -2.45. The van der Waals surface area contributed by atoms with E-state index in [1.165, 1.54) is 0 Å². The number of rotatable bonds is 5. The number of hydrogen-bond acceptors (Lipinski definition) is 3. The molecule has 1 amide bonds. The van der Waals surface area contributed by atoms with Gasteiger partial charge < -0.3 is 11.1 Å². The van der Waals surface area contributed by atoms with E-state index >= 15 is 0 Å². The molecule has 128 valence electrons. The Morgan fingerprint density at radius 1 is 1.12 bits per heavy atom. The molecule has 0 saturated heterocycles. The van der Waals surface area contributed by atoms with Crippen LogP contribution in [0.25, 0.3) is 0 Å². The third kappa shape index (κ3) is 5.01. The Morgan fingerprint density at radius 2 is 1.79 bits per heavy atom. The van der Waals surface area contributed by atoms with Gasteiger partial charge >= 0.3 is 0 Å². The van der Waals surface area contributed by atoms with Crippen LogP contribution in [0.4, 0.5) is 5.69 Å². The summed E-state index contributed by atoms with van der Waals surface area (Å²) in [5.74, 6) is 0.183. The van der Waals surface area contributed by atoms with Crippen LogP contribution in [0, 0.1) is 5.41 Å². The average Bonchev–Trinajstić information content (AvgIpc) is 2.54. The zero-order valence-electron chi connectivity index (χ0n) is 14.3. The van der Waals surface area contributed by atoms with Gasteiger partial charge in [0.1, 0.15) is 0 Å². The van der Waals surface area contributed by atoms with Crippen LogP contribution in [0.15, 0.2) is 59.5 Å². The lowest BCUT2D eigenvalue weighted by Gasteiger charge is -2.25. The molecule has 0 spiro atoms. The minimum atomic E-state index is -1.12. The second kappa shape index (κ2) is 7.73. The summed E-state index contributed by atoms with van der Waals surface area (Å²) in [5, 5.41) is 2.84. The molecule has 2 aromatic rings. The van der Waals surface area contributed by atoms with Crippen molar-refractivity contribution in [2.75, 3.05) is 5.32 Å². The molecule has 2 rings (SSSR count). The summed E-state index contributed by atoms with van der Waals surface area (Å²) in [4.78, 5) is 13.0. The molecule has 0 aliphatic heterocycles. The predicted octanol–water partition coefficient (Wildman–Crippen LogP) is 3.31. The summed E-state index contributed by atoms with van der Waals surface area (Å²) in [5.41, 5.74) is 7.24. The number of anilines is 1. The summed E-state index contributed by atoms with van der Waals surface area (Å²) in [7, 11) is -1.12. The van der Waals surface area contributed by atoms with Crippen LogP contribution >= 0.6 is 0 Å². The molecule has 0 fully saturated rings. The van der Waals surface area contributed by atoms with Gasteiger partial charge in [0.15, 0.2) is 0 Å². The van der Waals surface area contributed by atoms with E-state index in [0.717, 1.165) is 10.5 Å². The Morgan fingerprint density at radius 3 is 2.42 bits per heavy atom. The van der Waals surface area contributed by atoms with Gasteiger partial charge in [-0.15, -0.1) is 0 Å². The van der Waals surface area contributed by atoms with Crippen molar-refractivity contribution in [1.82, 2.24) is 0 Å². The van der Waals surface area contributed by atoms with Gasteiger partial charge in [-0.3, -0.25) is 9.00 Å². The maximum absolute atomic E-state index is 12.4. The highest BCUT2D eigenvalue weighted by Gasteiger charge is 2.27. The van der Waals surface area contributed by atoms with Crippen LogP contribution in [0.5, 0.6) is 0 Å². The van der Waals surface area contributed by atoms with Crippen molar-refractivity contribution < 1.29 is 9.00 Å². The Bertz CT molecular complexity index is 724. The summed E-state index contributed by atoms with van der Waals surface area (Å²) in [6.07, 6.45) is 0. The van der Waals surface area contributed by atoms with Crippen molar-refractivity contribution in [3.8, 4) is 0 Å². The third-order valence-corrected chi connectivity index (χ3v) is 5.11. The highest BCUT2D eigenvalue weighted by molar-refractivity contribution is 7.84.